The van der Waals surface area contributed by atoms with Gasteiger partial charge in [-0.1, -0.05) is 37.8 Å². The lowest BCUT2D eigenvalue weighted by Crippen LogP contribution is -1.90. The standard InChI is InChI=1S/C12H14O/c1-3-11-4-6-12(7-5-11)8-10(2)9-13/h4-7,9H,2-3,8H2,1H3. The van der Waals surface area contributed by atoms with Gasteiger partial charge in [0.1, 0.15) is 6.29 Å². The highest BCUT2D eigenvalue weighted by molar-refractivity contribution is 5.72. The van der Waals surface area contributed by atoms with Crippen LogP contribution in [0.4, 0.5) is 0 Å². The van der Waals surface area contributed by atoms with Crippen LogP contribution >= 0.6 is 0 Å². The lowest BCUT2D eigenvalue weighted by molar-refractivity contribution is -0.104. The van der Waals surface area contributed by atoms with Crippen molar-refractivity contribution in [3.05, 3.63) is 47.5 Å². The van der Waals surface area contributed by atoms with E-state index in [4.69, 9.17) is 0 Å². The number of aryl methyl sites for hydroxylation is 1. The topological polar surface area (TPSA) is 17.1 Å². The highest BCUT2D eigenvalue weighted by atomic mass is 16.1. The fourth-order valence-corrected chi connectivity index (χ4v) is 1.20. The first kappa shape index (κ1) is 9.72. The van der Waals surface area contributed by atoms with E-state index < -0.39 is 0 Å². The Labute approximate surface area is 79.1 Å². The van der Waals surface area contributed by atoms with Gasteiger partial charge >= 0.3 is 0 Å². The number of carbonyl (C=O) groups is 1. The molecule has 1 nitrogen and oxygen atoms in total. The number of aldehydes is 1. The van der Waals surface area contributed by atoms with Crippen molar-refractivity contribution in [2.75, 3.05) is 0 Å². The summed E-state index contributed by atoms with van der Waals surface area (Å²) in [4.78, 5) is 10.3. The minimum Gasteiger partial charge on any atom is -0.298 e. The molecule has 0 amide bonds. The molecule has 0 aliphatic heterocycles. The summed E-state index contributed by atoms with van der Waals surface area (Å²) in [5.74, 6) is 0. The molecule has 0 saturated carbocycles. The van der Waals surface area contributed by atoms with Gasteiger partial charge in [0.05, 0.1) is 0 Å². The maximum absolute atomic E-state index is 10.3. The number of hydrogen-bond acceptors (Lipinski definition) is 1. The van der Waals surface area contributed by atoms with Gasteiger partial charge in [0.25, 0.3) is 0 Å². The normalized spacial score (nSPS) is 9.62. The molecular formula is C12H14O. The highest BCUT2D eigenvalue weighted by Crippen LogP contribution is 2.08. The molecule has 0 radical (unpaired) electrons. The Hall–Kier alpha value is -1.37. The first-order valence-corrected chi connectivity index (χ1v) is 4.47. The summed E-state index contributed by atoms with van der Waals surface area (Å²) in [5.41, 5.74) is 3.10. The summed E-state index contributed by atoms with van der Waals surface area (Å²) in [6, 6.07) is 8.28. The van der Waals surface area contributed by atoms with Gasteiger partial charge in [0.2, 0.25) is 0 Å². The third-order valence-corrected chi connectivity index (χ3v) is 2.03. The molecule has 13 heavy (non-hydrogen) atoms. The molecule has 0 aromatic heterocycles. The molecule has 1 heteroatoms. The van der Waals surface area contributed by atoms with Gasteiger partial charge in [-0.2, -0.15) is 0 Å². The number of rotatable bonds is 4. The van der Waals surface area contributed by atoms with Gasteiger partial charge in [0, 0.05) is 6.42 Å². The fourth-order valence-electron chi connectivity index (χ4n) is 1.20. The van der Waals surface area contributed by atoms with Crippen molar-refractivity contribution in [1.82, 2.24) is 0 Å². The lowest BCUT2D eigenvalue weighted by Gasteiger charge is -2.00. The van der Waals surface area contributed by atoms with Crippen molar-refractivity contribution in [1.29, 1.82) is 0 Å². The summed E-state index contributed by atoms with van der Waals surface area (Å²) < 4.78 is 0. The van der Waals surface area contributed by atoms with E-state index in [0.717, 1.165) is 18.3 Å². The van der Waals surface area contributed by atoms with Gasteiger partial charge in [-0.25, -0.2) is 0 Å². The van der Waals surface area contributed by atoms with E-state index in [1.807, 2.05) is 12.1 Å². The van der Waals surface area contributed by atoms with Crippen molar-refractivity contribution in [2.45, 2.75) is 19.8 Å². The molecule has 1 aromatic carbocycles. The summed E-state index contributed by atoms with van der Waals surface area (Å²) >= 11 is 0. The Balaban J connectivity index is 2.69. The Morgan fingerprint density at radius 1 is 1.31 bits per heavy atom. The quantitative estimate of drug-likeness (QED) is 0.506. The molecule has 0 atom stereocenters. The predicted octanol–water partition coefficient (Wildman–Crippen LogP) is 2.55. The molecule has 0 fully saturated rings. The Bertz CT molecular complexity index is 295. The minimum atomic E-state index is 0.629. The highest BCUT2D eigenvalue weighted by Gasteiger charge is 1.95. The SMILES string of the molecule is C=C(C=O)Cc1ccc(CC)cc1. The zero-order chi connectivity index (χ0) is 9.68. The van der Waals surface area contributed by atoms with E-state index in [1.165, 1.54) is 5.56 Å². The van der Waals surface area contributed by atoms with Gasteiger partial charge in [0.15, 0.2) is 0 Å². The minimum absolute atomic E-state index is 0.629. The Morgan fingerprint density at radius 3 is 2.31 bits per heavy atom. The maximum atomic E-state index is 10.3. The molecule has 0 saturated heterocycles. The second-order valence-corrected chi connectivity index (χ2v) is 3.12. The lowest BCUT2D eigenvalue weighted by atomic mass is 10.0. The average molecular weight is 174 g/mol. The first-order valence-electron chi connectivity index (χ1n) is 4.47. The van der Waals surface area contributed by atoms with Crippen molar-refractivity contribution in [3.8, 4) is 0 Å². The van der Waals surface area contributed by atoms with Gasteiger partial charge < -0.3 is 0 Å². The largest absolute Gasteiger partial charge is 0.298 e. The first-order chi connectivity index (χ1) is 6.26. The van der Waals surface area contributed by atoms with Gasteiger partial charge in [-0.05, 0) is 23.1 Å². The number of allylic oxidation sites excluding steroid dienone is 1. The van der Waals surface area contributed by atoms with Crippen LogP contribution in [0.25, 0.3) is 0 Å². The zero-order valence-electron chi connectivity index (χ0n) is 7.92. The molecule has 0 N–H and O–H groups in total. The van der Waals surface area contributed by atoms with Crippen molar-refractivity contribution in [2.24, 2.45) is 0 Å². The van der Waals surface area contributed by atoms with Crippen molar-refractivity contribution < 1.29 is 4.79 Å². The molecule has 0 unspecified atom stereocenters. The number of hydrogen-bond donors (Lipinski definition) is 0. The smallest absolute Gasteiger partial charge is 0.145 e. The summed E-state index contributed by atoms with van der Waals surface area (Å²) in [7, 11) is 0. The average Bonchev–Trinajstić information content (AvgIpc) is 2.19. The van der Waals surface area contributed by atoms with E-state index >= 15 is 0 Å². The van der Waals surface area contributed by atoms with Crippen LogP contribution in [0.3, 0.4) is 0 Å². The van der Waals surface area contributed by atoms with Crippen molar-refractivity contribution in [3.63, 3.8) is 0 Å². The number of benzene rings is 1. The van der Waals surface area contributed by atoms with Crippen LogP contribution in [0.5, 0.6) is 0 Å². The van der Waals surface area contributed by atoms with E-state index in [2.05, 4.69) is 25.6 Å². The van der Waals surface area contributed by atoms with Crippen molar-refractivity contribution >= 4 is 6.29 Å². The molecule has 0 aliphatic rings. The molecule has 1 rings (SSSR count). The van der Waals surface area contributed by atoms with Crippen LogP contribution < -0.4 is 0 Å². The summed E-state index contributed by atoms with van der Waals surface area (Å²) in [6.07, 6.45) is 2.52. The van der Waals surface area contributed by atoms with Crippen LogP contribution in [0.15, 0.2) is 36.4 Å². The van der Waals surface area contributed by atoms with Crippen LogP contribution in [0.2, 0.25) is 0 Å². The maximum Gasteiger partial charge on any atom is 0.145 e. The zero-order valence-corrected chi connectivity index (χ0v) is 7.92. The monoisotopic (exact) mass is 174 g/mol. The summed E-state index contributed by atoms with van der Waals surface area (Å²) in [6.45, 7) is 5.77. The fraction of sp³-hybridized carbons (Fsp3) is 0.250. The van der Waals surface area contributed by atoms with E-state index in [-0.39, 0.29) is 0 Å². The Morgan fingerprint density at radius 2 is 1.85 bits per heavy atom. The molecule has 0 heterocycles. The predicted molar refractivity (Wildman–Crippen MR) is 54.7 cm³/mol. The molecule has 1 aromatic rings. The molecular weight excluding hydrogens is 160 g/mol. The molecule has 0 spiro atoms. The van der Waals surface area contributed by atoms with Gasteiger partial charge in [-0.3, -0.25) is 4.79 Å². The van der Waals surface area contributed by atoms with E-state index in [9.17, 15) is 4.79 Å². The second-order valence-electron chi connectivity index (χ2n) is 3.12. The molecule has 68 valence electrons. The third-order valence-electron chi connectivity index (χ3n) is 2.03. The van der Waals surface area contributed by atoms with E-state index in [1.54, 1.807) is 0 Å². The van der Waals surface area contributed by atoms with Gasteiger partial charge in [-0.15, -0.1) is 0 Å². The van der Waals surface area contributed by atoms with E-state index in [0.29, 0.717) is 12.0 Å². The van der Waals surface area contributed by atoms with Crippen LogP contribution in [-0.2, 0) is 17.6 Å². The second kappa shape index (κ2) is 4.61. The van der Waals surface area contributed by atoms with Crippen LogP contribution in [-0.4, -0.2) is 6.29 Å². The van der Waals surface area contributed by atoms with Crippen LogP contribution in [0, 0.1) is 0 Å². The summed E-state index contributed by atoms with van der Waals surface area (Å²) in [5, 5.41) is 0. The van der Waals surface area contributed by atoms with Crippen LogP contribution in [0.1, 0.15) is 18.1 Å². The Kier molecular flexibility index (Phi) is 3.44. The third kappa shape index (κ3) is 2.86. The molecule has 0 bridgehead atoms. The molecule has 0 aliphatic carbocycles. The number of carbonyl (C=O) groups excluding carboxylic acids is 1.